The second kappa shape index (κ2) is 4.86. The van der Waals surface area contributed by atoms with Crippen molar-refractivity contribution in [2.45, 2.75) is 43.4 Å². The van der Waals surface area contributed by atoms with Gasteiger partial charge in [-0.3, -0.25) is 0 Å². The Morgan fingerprint density at radius 3 is 2.82 bits per heavy atom. The first-order valence-electron chi connectivity index (χ1n) is 6.42. The van der Waals surface area contributed by atoms with Crippen LogP contribution in [0.1, 0.15) is 32.6 Å². The molecule has 2 heterocycles. The molecule has 100 valence electrons. The van der Waals surface area contributed by atoms with Crippen molar-refractivity contribution < 1.29 is 13.2 Å². The van der Waals surface area contributed by atoms with E-state index in [0.29, 0.717) is 12.4 Å². The monoisotopic (exact) mass is 261 g/mol. The molecule has 1 N–H and O–H groups in total. The number of nitrogens with one attached hydrogen (secondary N) is 1. The van der Waals surface area contributed by atoms with Gasteiger partial charge in [0.15, 0.2) is 9.84 Å². The molecule has 3 atom stereocenters. The number of methoxy groups -OCH3 is 1. The van der Waals surface area contributed by atoms with Gasteiger partial charge in [0, 0.05) is 12.6 Å². The minimum Gasteiger partial charge on any atom is -0.383 e. The number of ether oxygens (including phenoxy) is 1. The summed E-state index contributed by atoms with van der Waals surface area (Å²) in [5, 5.41) is 3.31. The Morgan fingerprint density at radius 2 is 2.18 bits per heavy atom. The first-order valence-corrected chi connectivity index (χ1v) is 8.14. The smallest absolute Gasteiger partial charge is 0.153 e. The highest BCUT2D eigenvalue weighted by atomic mass is 32.2. The summed E-state index contributed by atoms with van der Waals surface area (Å²) in [5.41, 5.74) is -0.0492. The molecule has 3 unspecified atom stereocenters. The summed E-state index contributed by atoms with van der Waals surface area (Å²) < 4.78 is 29.4. The van der Waals surface area contributed by atoms with Crippen molar-refractivity contribution in [1.82, 2.24) is 5.32 Å². The summed E-state index contributed by atoms with van der Waals surface area (Å²) in [6.07, 6.45) is 3.65. The van der Waals surface area contributed by atoms with Crippen molar-refractivity contribution in [3.63, 3.8) is 0 Å². The van der Waals surface area contributed by atoms with E-state index in [-0.39, 0.29) is 16.7 Å². The van der Waals surface area contributed by atoms with E-state index in [2.05, 4.69) is 12.2 Å². The van der Waals surface area contributed by atoms with Crippen LogP contribution in [-0.2, 0) is 14.6 Å². The Morgan fingerprint density at radius 1 is 1.41 bits per heavy atom. The van der Waals surface area contributed by atoms with Gasteiger partial charge in [0.25, 0.3) is 0 Å². The number of hydrogen-bond acceptors (Lipinski definition) is 4. The third-order valence-electron chi connectivity index (χ3n) is 4.12. The molecule has 0 aliphatic carbocycles. The zero-order valence-electron chi connectivity index (χ0n) is 10.7. The quantitative estimate of drug-likeness (QED) is 0.822. The van der Waals surface area contributed by atoms with Crippen LogP contribution in [0.3, 0.4) is 0 Å². The molecule has 0 aromatic carbocycles. The lowest BCUT2D eigenvalue weighted by Crippen LogP contribution is -2.40. The van der Waals surface area contributed by atoms with E-state index in [1.807, 2.05) is 0 Å². The molecule has 0 bridgehead atoms. The standard InChI is InChI=1S/C12H23NO3S/c1-12(9-16-2)7-10(8-13-12)11-5-3-4-6-17(11,14)15/h10-11,13H,3-9H2,1-2H3. The molecule has 2 aliphatic rings. The topological polar surface area (TPSA) is 55.4 Å². The van der Waals surface area contributed by atoms with E-state index in [4.69, 9.17) is 4.74 Å². The third kappa shape index (κ3) is 2.83. The van der Waals surface area contributed by atoms with Crippen molar-refractivity contribution in [3.8, 4) is 0 Å². The highest BCUT2D eigenvalue weighted by Crippen LogP contribution is 2.34. The van der Waals surface area contributed by atoms with E-state index in [1.54, 1.807) is 7.11 Å². The second-order valence-corrected chi connectivity index (χ2v) is 8.08. The van der Waals surface area contributed by atoms with Crippen LogP contribution >= 0.6 is 0 Å². The first kappa shape index (κ1) is 13.3. The van der Waals surface area contributed by atoms with Crippen LogP contribution in [0.15, 0.2) is 0 Å². The molecule has 2 aliphatic heterocycles. The Balaban J connectivity index is 2.05. The largest absolute Gasteiger partial charge is 0.383 e. The van der Waals surface area contributed by atoms with E-state index >= 15 is 0 Å². The first-order chi connectivity index (χ1) is 7.97. The SMILES string of the molecule is COCC1(C)CC(C2CCCCS2(=O)=O)CN1. The Hall–Kier alpha value is -0.130. The highest BCUT2D eigenvalue weighted by Gasteiger charge is 2.43. The summed E-state index contributed by atoms with van der Waals surface area (Å²) in [5.74, 6) is 0.648. The fourth-order valence-electron chi connectivity index (χ4n) is 3.30. The molecule has 0 radical (unpaired) electrons. The summed E-state index contributed by atoms with van der Waals surface area (Å²) in [6.45, 7) is 3.58. The predicted octanol–water partition coefficient (Wildman–Crippen LogP) is 0.968. The van der Waals surface area contributed by atoms with E-state index < -0.39 is 9.84 Å². The Labute approximate surface area is 104 Å². The lowest BCUT2D eigenvalue weighted by atomic mass is 9.91. The maximum Gasteiger partial charge on any atom is 0.153 e. The average Bonchev–Trinajstić information content (AvgIpc) is 2.60. The minimum atomic E-state index is -2.85. The van der Waals surface area contributed by atoms with Gasteiger partial charge in [-0.15, -0.1) is 0 Å². The van der Waals surface area contributed by atoms with Crippen LogP contribution in [-0.4, -0.2) is 45.2 Å². The molecule has 0 aromatic heterocycles. The van der Waals surface area contributed by atoms with Crippen LogP contribution in [0.25, 0.3) is 0 Å². The van der Waals surface area contributed by atoms with E-state index in [0.717, 1.165) is 32.2 Å². The zero-order chi connectivity index (χ0) is 12.5. The number of hydrogen-bond donors (Lipinski definition) is 1. The molecule has 4 nitrogen and oxygen atoms in total. The molecule has 0 aromatic rings. The number of sulfone groups is 1. The molecule has 17 heavy (non-hydrogen) atoms. The van der Waals surface area contributed by atoms with E-state index in [1.165, 1.54) is 0 Å². The van der Waals surface area contributed by atoms with Crippen LogP contribution < -0.4 is 5.32 Å². The maximum absolute atomic E-state index is 12.1. The van der Waals surface area contributed by atoms with Gasteiger partial charge in [-0.25, -0.2) is 8.42 Å². The zero-order valence-corrected chi connectivity index (χ0v) is 11.6. The van der Waals surface area contributed by atoms with Crippen LogP contribution in [0.4, 0.5) is 0 Å². The maximum atomic E-state index is 12.1. The van der Waals surface area contributed by atoms with Crippen molar-refractivity contribution in [2.24, 2.45) is 5.92 Å². The van der Waals surface area contributed by atoms with Gasteiger partial charge in [0.2, 0.25) is 0 Å². The van der Waals surface area contributed by atoms with Crippen molar-refractivity contribution in [3.05, 3.63) is 0 Å². The second-order valence-electron chi connectivity index (χ2n) is 5.74. The molecular formula is C12H23NO3S. The van der Waals surface area contributed by atoms with Crippen LogP contribution in [0, 0.1) is 5.92 Å². The Bertz CT molecular complexity index is 368. The van der Waals surface area contributed by atoms with Gasteiger partial charge in [-0.1, -0.05) is 6.42 Å². The molecule has 2 rings (SSSR count). The third-order valence-corrected chi connectivity index (χ3v) is 6.52. The molecule has 0 saturated carbocycles. The van der Waals surface area contributed by atoms with Gasteiger partial charge in [-0.05, 0) is 38.6 Å². The molecular weight excluding hydrogens is 238 g/mol. The molecule has 0 amide bonds. The summed E-state index contributed by atoms with van der Waals surface area (Å²) in [7, 11) is -1.16. The lowest BCUT2D eigenvalue weighted by molar-refractivity contribution is 0.128. The normalized spacial score (nSPS) is 41.5. The van der Waals surface area contributed by atoms with Crippen molar-refractivity contribution >= 4 is 9.84 Å². The molecule has 2 saturated heterocycles. The summed E-state index contributed by atoms with van der Waals surface area (Å²) in [6, 6.07) is 0. The van der Waals surface area contributed by atoms with Gasteiger partial charge in [-0.2, -0.15) is 0 Å². The van der Waals surface area contributed by atoms with Crippen molar-refractivity contribution in [1.29, 1.82) is 0 Å². The van der Waals surface area contributed by atoms with Gasteiger partial charge < -0.3 is 10.1 Å². The summed E-state index contributed by atoms with van der Waals surface area (Å²) in [4.78, 5) is 0. The van der Waals surface area contributed by atoms with Gasteiger partial charge >= 0.3 is 0 Å². The van der Waals surface area contributed by atoms with E-state index in [9.17, 15) is 8.42 Å². The molecule has 2 fully saturated rings. The predicted molar refractivity (Wildman–Crippen MR) is 67.8 cm³/mol. The van der Waals surface area contributed by atoms with Crippen molar-refractivity contribution in [2.75, 3.05) is 26.0 Å². The summed E-state index contributed by atoms with van der Waals surface area (Å²) >= 11 is 0. The van der Waals surface area contributed by atoms with Gasteiger partial charge in [0.1, 0.15) is 0 Å². The molecule has 0 spiro atoms. The molecule has 5 heteroatoms. The fraction of sp³-hybridized carbons (Fsp3) is 1.00. The van der Waals surface area contributed by atoms with Crippen LogP contribution in [0.2, 0.25) is 0 Å². The van der Waals surface area contributed by atoms with Crippen LogP contribution in [0.5, 0.6) is 0 Å². The minimum absolute atomic E-state index is 0.0492. The lowest BCUT2D eigenvalue weighted by Gasteiger charge is -2.28. The number of rotatable bonds is 3. The van der Waals surface area contributed by atoms with Gasteiger partial charge in [0.05, 0.1) is 17.6 Å². The Kier molecular flexibility index (Phi) is 3.80. The fourth-order valence-corrected chi connectivity index (χ4v) is 5.51. The highest BCUT2D eigenvalue weighted by molar-refractivity contribution is 7.92. The average molecular weight is 261 g/mol.